The molecule has 2 heteroatoms. The van der Waals surface area contributed by atoms with Crippen LogP contribution in [0.5, 0.6) is 5.75 Å². The van der Waals surface area contributed by atoms with Crippen LogP contribution >= 0.6 is 0 Å². The fraction of sp³-hybridized carbons (Fsp3) is 0.571. The average molecular weight is 312 g/mol. The van der Waals surface area contributed by atoms with Crippen molar-refractivity contribution in [2.24, 2.45) is 11.8 Å². The second-order valence-corrected chi connectivity index (χ2v) is 7.09. The van der Waals surface area contributed by atoms with Gasteiger partial charge in [-0.1, -0.05) is 56.4 Å². The van der Waals surface area contributed by atoms with Crippen LogP contribution in [0, 0.1) is 11.8 Å². The standard InChI is InChI=1S/C21H28O2/c22-21(19-9-5-2-6-10-19)23-20-15-13-18(14-16-20)12-11-17-7-3-1-4-8-17/h2,5,13-17,19H,1,3-4,6-12H2. The van der Waals surface area contributed by atoms with Gasteiger partial charge in [-0.05, 0) is 55.7 Å². The van der Waals surface area contributed by atoms with Crippen LogP contribution in [-0.4, -0.2) is 5.97 Å². The smallest absolute Gasteiger partial charge is 0.314 e. The van der Waals surface area contributed by atoms with Crippen LogP contribution in [0.4, 0.5) is 0 Å². The SMILES string of the molecule is O=C(Oc1ccc(CCC2CCCCC2)cc1)C1CC=CCC1. The summed E-state index contributed by atoms with van der Waals surface area (Å²) in [4.78, 5) is 12.1. The van der Waals surface area contributed by atoms with Crippen molar-refractivity contribution < 1.29 is 9.53 Å². The van der Waals surface area contributed by atoms with Crippen LogP contribution in [0.25, 0.3) is 0 Å². The van der Waals surface area contributed by atoms with E-state index in [0.717, 1.165) is 31.6 Å². The van der Waals surface area contributed by atoms with Crippen molar-refractivity contribution in [1.82, 2.24) is 0 Å². The van der Waals surface area contributed by atoms with Crippen LogP contribution in [0.1, 0.15) is 63.4 Å². The molecule has 1 aromatic carbocycles. The van der Waals surface area contributed by atoms with Crippen LogP contribution in [-0.2, 0) is 11.2 Å². The van der Waals surface area contributed by atoms with Gasteiger partial charge in [0.1, 0.15) is 5.75 Å². The summed E-state index contributed by atoms with van der Waals surface area (Å²) < 4.78 is 5.53. The van der Waals surface area contributed by atoms with Gasteiger partial charge in [-0.3, -0.25) is 4.79 Å². The van der Waals surface area contributed by atoms with Crippen molar-refractivity contribution in [3.8, 4) is 5.75 Å². The van der Waals surface area contributed by atoms with Crippen molar-refractivity contribution in [2.45, 2.75) is 64.2 Å². The number of rotatable bonds is 5. The molecule has 124 valence electrons. The Labute approximate surface area is 139 Å². The summed E-state index contributed by atoms with van der Waals surface area (Å²) in [5.41, 5.74) is 1.36. The molecule has 0 radical (unpaired) electrons. The molecule has 0 aliphatic heterocycles. The minimum atomic E-state index is -0.0793. The lowest BCUT2D eigenvalue weighted by atomic mass is 9.85. The molecule has 0 saturated heterocycles. The molecule has 0 heterocycles. The van der Waals surface area contributed by atoms with Gasteiger partial charge in [0.05, 0.1) is 5.92 Å². The quantitative estimate of drug-likeness (QED) is 0.410. The summed E-state index contributed by atoms with van der Waals surface area (Å²) in [6.45, 7) is 0. The third kappa shape index (κ3) is 4.95. The minimum absolute atomic E-state index is 0.0333. The first-order chi connectivity index (χ1) is 11.3. The fourth-order valence-corrected chi connectivity index (χ4v) is 3.78. The number of esters is 1. The number of allylic oxidation sites excluding steroid dienone is 2. The lowest BCUT2D eigenvalue weighted by molar-refractivity contribution is -0.139. The van der Waals surface area contributed by atoms with Gasteiger partial charge in [-0.2, -0.15) is 0 Å². The maximum absolute atomic E-state index is 12.1. The van der Waals surface area contributed by atoms with E-state index in [1.807, 2.05) is 12.1 Å². The molecule has 0 aromatic heterocycles. The number of carbonyl (C=O) groups is 1. The molecular formula is C21H28O2. The number of aryl methyl sites for hydroxylation is 1. The van der Waals surface area contributed by atoms with Crippen molar-refractivity contribution in [2.75, 3.05) is 0 Å². The molecule has 1 aromatic rings. The van der Waals surface area contributed by atoms with Crippen molar-refractivity contribution in [1.29, 1.82) is 0 Å². The zero-order valence-electron chi connectivity index (χ0n) is 14.0. The highest BCUT2D eigenvalue weighted by Crippen LogP contribution is 2.28. The van der Waals surface area contributed by atoms with E-state index in [2.05, 4.69) is 24.3 Å². The van der Waals surface area contributed by atoms with E-state index in [1.165, 1.54) is 44.1 Å². The van der Waals surface area contributed by atoms with E-state index in [-0.39, 0.29) is 11.9 Å². The zero-order chi connectivity index (χ0) is 15.9. The van der Waals surface area contributed by atoms with Crippen LogP contribution in [0.2, 0.25) is 0 Å². The number of carbonyl (C=O) groups excluding carboxylic acids is 1. The first kappa shape index (κ1) is 16.3. The molecule has 0 N–H and O–H groups in total. The van der Waals surface area contributed by atoms with Crippen LogP contribution in [0.15, 0.2) is 36.4 Å². The minimum Gasteiger partial charge on any atom is -0.426 e. The van der Waals surface area contributed by atoms with Crippen molar-refractivity contribution in [3.63, 3.8) is 0 Å². The molecule has 3 rings (SSSR count). The molecule has 23 heavy (non-hydrogen) atoms. The lowest BCUT2D eigenvalue weighted by Gasteiger charge is -2.21. The molecule has 2 aliphatic rings. The van der Waals surface area contributed by atoms with Crippen molar-refractivity contribution in [3.05, 3.63) is 42.0 Å². The summed E-state index contributed by atoms with van der Waals surface area (Å²) in [6.07, 6.45) is 16.5. The van der Waals surface area contributed by atoms with E-state index < -0.39 is 0 Å². The molecule has 0 amide bonds. The molecule has 1 fully saturated rings. The molecule has 2 aliphatic carbocycles. The zero-order valence-corrected chi connectivity index (χ0v) is 14.0. The van der Waals surface area contributed by atoms with Gasteiger partial charge in [0.2, 0.25) is 0 Å². The normalized spacial score (nSPS) is 22.0. The van der Waals surface area contributed by atoms with Gasteiger partial charge in [0.25, 0.3) is 0 Å². The molecule has 1 atom stereocenters. The van der Waals surface area contributed by atoms with E-state index in [4.69, 9.17) is 4.74 Å². The summed E-state index contributed by atoms with van der Waals surface area (Å²) >= 11 is 0. The molecule has 1 saturated carbocycles. The fourth-order valence-electron chi connectivity index (χ4n) is 3.78. The van der Waals surface area contributed by atoms with Gasteiger partial charge in [-0.25, -0.2) is 0 Å². The third-order valence-corrected chi connectivity index (χ3v) is 5.31. The Balaban J connectivity index is 1.46. The van der Waals surface area contributed by atoms with Gasteiger partial charge in [-0.15, -0.1) is 0 Å². The Kier molecular flexibility index (Phi) is 5.90. The summed E-state index contributed by atoms with van der Waals surface area (Å²) in [7, 11) is 0. The first-order valence-corrected chi connectivity index (χ1v) is 9.27. The van der Waals surface area contributed by atoms with E-state index >= 15 is 0 Å². The molecule has 0 bridgehead atoms. The molecular weight excluding hydrogens is 284 g/mol. The highest BCUT2D eigenvalue weighted by Gasteiger charge is 2.20. The number of benzene rings is 1. The molecule has 1 unspecified atom stereocenters. The van der Waals surface area contributed by atoms with Gasteiger partial charge in [0.15, 0.2) is 0 Å². The average Bonchev–Trinajstić information content (AvgIpc) is 2.63. The van der Waals surface area contributed by atoms with Crippen LogP contribution < -0.4 is 4.74 Å². The Bertz CT molecular complexity index is 523. The summed E-state index contributed by atoms with van der Waals surface area (Å²) in [5.74, 6) is 1.56. The third-order valence-electron chi connectivity index (χ3n) is 5.31. The number of hydrogen-bond donors (Lipinski definition) is 0. The Morgan fingerprint density at radius 3 is 2.48 bits per heavy atom. The molecule has 2 nitrogen and oxygen atoms in total. The lowest BCUT2D eigenvalue weighted by Crippen LogP contribution is -2.21. The largest absolute Gasteiger partial charge is 0.426 e. The van der Waals surface area contributed by atoms with Gasteiger partial charge < -0.3 is 4.74 Å². The van der Waals surface area contributed by atoms with E-state index in [1.54, 1.807) is 0 Å². The highest BCUT2D eigenvalue weighted by molar-refractivity contribution is 5.75. The predicted molar refractivity (Wildman–Crippen MR) is 93.5 cm³/mol. The Morgan fingerprint density at radius 2 is 1.78 bits per heavy atom. The second kappa shape index (κ2) is 8.33. The Hall–Kier alpha value is -1.57. The van der Waals surface area contributed by atoms with E-state index in [0.29, 0.717) is 5.75 Å². The maximum Gasteiger partial charge on any atom is 0.314 e. The summed E-state index contributed by atoms with van der Waals surface area (Å²) in [5, 5.41) is 0. The maximum atomic E-state index is 12.1. The van der Waals surface area contributed by atoms with Crippen molar-refractivity contribution >= 4 is 5.97 Å². The number of hydrogen-bond acceptors (Lipinski definition) is 2. The van der Waals surface area contributed by atoms with E-state index in [9.17, 15) is 4.79 Å². The predicted octanol–water partition coefficient (Wildman–Crippen LogP) is 5.46. The Morgan fingerprint density at radius 1 is 1.00 bits per heavy atom. The van der Waals surface area contributed by atoms with Crippen LogP contribution in [0.3, 0.4) is 0 Å². The molecule has 0 spiro atoms. The van der Waals surface area contributed by atoms with Gasteiger partial charge >= 0.3 is 5.97 Å². The monoisotopic (exact) mass is 312 g/mol. The highest BCUT2D eigenvalue weighted by atomic mass is 16.5. The first-order valence-electron chi connectivity index (χ1n) is 9.27. The van der Waals surface area contributed by atoms with Gasteiger partial charge in [0, 0.05) is 0 Å². The number of ether oxygens (including phenoxy) is 1. The topological polar surface area (TPSA) is 26.3 Å². The second-order valence-electron chi connectivity index (χ2n) is 7.09. The summed E-state index contributed by atoms with van der Waals surface area (Å²) in [6, 6.07) is 8.14.